The summed E-state index contributed by atoms with van der Waals surface area (Å²) in [6, 6.07) is 1.66. The van der Waals surface area contributed by atoms with Crippen LogP contribution in [0.4, 0.5) is 0 Å². The SMILES string of the molecule is Cc1nc(Cl)cc(CN)n1. The quantitative estimate of drug-likeness (QED) is 0.617. The summed E-state index contributed by atoms with van der Waals surface area (Å²) in [6.07, 6.45) is 0. The van der Waals surface area contributed by atoms with Gasteiger partial charge in [-0.2, -0.15) is 0 Å². The predicted octanol–water partition coefficient (Wildman–Crippen LogP) is 0.897. The lowest BCUT2D eigenvalue weighted by Gasteiger charge is -1.97. The van der Waals surface area contributed by atoms with E-state index in [2.05, 4.69) is 9.97 Å². The maximum absolute atomic E-state index is 5.62. The van der Waals surface area contributed by atoms with Crippen LogP contribution in [0, 0.1) is 6.92 Å². The molecule has 0 aromatic carbocycles. The number of nitrogens with two attached hydrogens (primary N) is 1. The number of rotatable bonds is 1. The highest BCUT2D eigenvalue weighted by Crippen LogP contribution is 2.05. The summed E-state index contributed by atoms with van der Waals surface area (Å²) < 4.78 is 0. The Kier molecular flexibility index (Phi) is 2.19. The fourth-order valence-corrected chi connectivity index (χ4v) is 0.942. The van der Waals surface area contributed by atoms with Crippen molar-refractivity contribution in [2.45, 2.75) is 13.5 Å². The van der Waals surface area contributed by atoms with Crippen LogP contribution >= 0.6 is 11.6 Å². The summed E-state index contributed by atoms with van der Waals surface area (Å²) in [5.41, 5.74) is 6.11. The van der Waals surface area contributed by atoms with E-state index >= 15 is 0 Å². The second-order valence-corrected chi connectivity index (χ2v) is 2.32. The largest absolute Gasteiger partial charge is 0.325 e. The number of halogens is 1. The van der Waals surface area contributed by atoms with E-state index in [4.69, 9.17) is 17.3 Å². The minimum absolute atomic E-state index is 0.406. The predicted molar refractivity (Wildman–Crippen MR) is 39.7 cm³/mol. The van der Waals surface area contributed by atoms with Gasteiger partial charge in [-0.15, -0.1) is 0 Å². The normalized spacial score (nSPS) is 9.90. The maximum atomic E-state index is 5.62. The molecular formula is C6H8ClN3. The average Bonchev–Trinajstić information content (AvgIpc) is 1.85. The Morgan fingerprint density at radius 2 is 2.30 bits per heavy atom. The van der Waals surface area contributed by atoms with Gasteiger partial charge < -0.3 is 5.73 Å². The molecule has 0 aliphatic carbocycles. The Bertz CT molecular complexity index is 216. The minimum atomic E-state index is 0.406. The molecule has 10 heavy (non-hydrogen) atoms. The van der Waals surface area contributed by atoms with Crippen molar-refractivity contribution in [1.82, 2.24) is 9.97 Å². The highest BCUT2D eigenvalue weighted by molar-refractivity contribution is 6.29. The number of aromatic nitrogens is 2. The third kappa shape index (κ3) is 1.65. The van der Waals surface area contributed by atoms with Crippen LogP contribution in [-0.4, -0.2) is 9.97 Å². The highest BCUT2D eigenvalue weighted by Gasteiger charge is 1.95. The second-order valence-electron chi connectivity index (χ2n) is 1.93. The van der Waals surface area contributed by atoms with Crippen LogP contribution < -0.4 is 5.73 Å². The van der Waals surface area contributed by atoms with Crippen LogP contribution in [-0.2, 0) is 6.54 Å². The van der Waals surface area contributed by atoms with Gasteiger partial charge in [-0.25, -0.2) is 9.97 Å². The molecule has 0 saturated carbocycles. The maximum Gasteiger partial charge on any atom is 0.133 e. The van der Waals surface area contributed by atoms with Crippen molar-refractivity contribution in [3.05, 3.63) is 22.7 Å². The van der Waals surface area contributed by atoms with Gasteiger partial charge in [0.05, 0.1) is 5.69 Å². The van der Waals surface area contributed by atoms with Gasteiger partial charge in [0.15, 0.2) is 0 Å². The molecule has 0 saturated heterocycles. The van der Waals surface area contributed by atoms with Crippen LogP contribution in [0.3, 0.4) is 0 Å². The second kappa shape index (κ2) is 2.94. The minimum Gasteiger partial charge on any atom is -0.325 e. The standard InChI is InChI=1S/C6H8ClN3/c1-4-9-5(3-8)2-6(7)10-4/h2H,3,8H2,1H3. The zero-order chi connectivity index (χ0) is 7.56. The van der Waals surface area contributed by atoms with E-state index in [1.807, 2.05) is 0 Å². The van der Waals surface area contributed by atoms with Gasteiger partial charge in [0, 0.05) is 6.54 Å². The molecule has 0 aliphatic rings. The Balaban J connectivity index is 3.06. The molecule has 1 rings (SSSR count). The number of hydrogen-bond donors (Lipinski definition) is 1. The molecule has 4 heteroatoms. The van der Waals surface area contributed by atoms with E-state index in [0.717, 1.165) is 5.69 Å². The molecule has 0 atom stereocenters. The molecule has 0 aliphatic heterocycles. The molecule has 1 aromatic heterocycles. The van der Waals surface area contributed by atoms with Crippen LogP contribution in [0.5, 0.6) is 0 Å². The zero-order valence-electron chi connectivity index (χ0n) is 5.63. The molecule has 0 radical (unpaired) electrons. The zero-order valence-corrected chi connectivity index (χ0v) is 6.39. The van der Waals surface area contributed by atoms with Gasteiger partial charge >= 0.3 is 0 Å². The van der Waals surface area contributed by atoms with Gasteiger partial charge in [0.25, 0.3) is 0 Å². The number of nitrogens with zero attached hydrogens (tertiary/aromatic N) is 2. The molecule has 0 bridgehead atoms. The van der Waals surface area contributed by atoms with Crippen LogP contribution in [0.25, 0.3) is 0 Å². The smallest absolute Gasteiger partial charge is 0.133 e. The third-order valence-corrected chi connectivity index (χ3v) is 1.26. The summed E-state index contributed by atoms with van der Waals surface area (Å²) in [7, 11) is 0. The fraction of sp³-hybridized carbons (Fsp3) is 0.333. The Morgan fingerprint density at radius 1 is 1.60 bits per heavy atom. The Morgan fingerprint density at radius 3 is 2.80 bits per heavy atom. The van der Waals surface area contributed by atoms with E-state index < -0.39 is 0 Å². The molecule has 0 unspecified atom stereocenters. The first-order valence-electron chi connectivity index (χ1n) is 2.92. The van der Waals surface area contributed by atoms with Gasteiger partial charge in [0.1, 0.15) is 11.0 Å². The fourth-order valence-electron chi connectivity index (χ4n) is 0.694. The van der Waals surface area contributed by atoms with E-state index in [0.29, 0.717) is 17.5 Å². The molecule has 3 nitrogen and oxygen atoms in total. The number of aryl methyl sites for hydroxylation is 1. The van der Waals surface area contributed by atoms with Gasteiger partial charge in [-0.05, 0) is 13.0 Å². The lowest BCUT2D eigenvalue weighted by atomic mass is 10.4. The summed E-state index contributed by atoms with van der Waals surface area (Å²) >= 11 is 5.62. The van der Waals surface area contributed by atoms with Crippen molar-refractivity contribution in [2.75, 3.05) is 0 Å². The molecule has 1 aromatic rings. The molecule has 0 amide bonds. The molecular weight excluding hydrogens is 150 g/mol. The topological polar surface area (TPSA) is 51.8 Å². The highest BCUT2D eigenvalue weighted by atomic mass is 35.5. The molecule has 2 N–H and O–H groups in total. The van der Waals surface area contributed by atoms with Crippen molar-refractivity contribution in [2.24, 2.45) is 5.73 Å². The summed E-state index contributed by atoms with van der Waals surface area (Å²) in [6.45, 7) is 2.19. The van der Waals surface area contributed by atoms with Crippen LogP contribution in [0.15, 0.2) is 6.07 Å². The van der Waals surface area contributed by atoms with Gasteiger partial charge in [0.2, 0.25) is 0 Å². The molecule has 0 fully saturated rings. The first kappa shape index (κ1) is 7.44. The van der Waals surface area contributed by atoms with Crippen molar-refractivity contribution in [1.29, 1.82) is 0 Å². The molecule has 54 valence electrons. The van der Waals surface area contributed by atoms with Crippen molar-refractivity contribution in [3.63, 3.8) is 0 Å². The number of hydrogen-bond acceptors (Lipinski definition) is 3. The summed E-state index contributed by atoms with van der Waals surface area (Å²) in [5.74, 6) is 0.660. The monoisotopic (exact) mass is 157 g/mol. The van der Waals surface area contributed by atoms with Crippen LogP contribution in [0.1, 0.15) is 11.5 Å². The van der Waals surface area contributed by atoms with Crippen LogP contribution in [0.2, 0.25) is 5.15 Å². The molecule has 0 spiro atoms. The van der Waals surface area contributed by atoms with Crippen molar-refractivity contribution < 1.29 is 0 Å². The average molecular weight is 158 g/mol. The Labute approximate surface area is 64.2 Å². The van der Waals surface area contributed by atoms with Crippen molar-refractivity contribution >= 4 is 11.6 Å². The lowest BCUT2D eigenvalue weighted by molar-refractivity contribution is 0.926. The van der Waals surface area contributed by atoms with E-state index in [1.54, 1.807) is 13.0 Å². The van der Waals surface area contributed by atoms with Gasteiger partial charge in [-0.3, -0.25) is 0 Å². The van der Waals surface area contributed by atoms with E-state index in [-0.39, 0.29) is 0 Å². The van der Waals surface area contributed by atoms with Gasteiger partial charge in [-0.1, -0.05) is 11.6 Å². The summed E-state index contributed by atoms with van der Waals surface area (Å²) in [5, 5.41) is 0.452. The summed E-state index contributed by atoms with van der Waals surface area (Å²) in [4.78, 5) is 7.91. The Hall–Kier alpha value is -0.670. The first-order valence-corrected chi connectivity index (χ1v) is 3.30. The van der Waals surface area contributed by atoms with Crippen molar-refractivity contribution in [3.8, 4) is 0 Å². The third-order valence-electron chi connectivity index (χ3n) is 1.07. The lowest BCUT2D eigenvalue weighted by Crippen LogP contribution is -2.01. The molecule has 1 heterocycles. The first-order chi connectivity index (χ1) is 4.72. The van der Waals surface area contributed by atoms with E-state index in [1.165, 1.54) is 0 Å². The van der Waals surface area contributed by atoms with E-state index in [9.17, 15) is 0 Å².